The normalized spacial score (nSPS) is 23.9. The van der Waals surface area contributed by atoms with Gasteiger partial charge in [0, 0.05) is 10.9 Å². The second-order valence-corrected chi connectivity index (χ2v) is 5.44. The summed E-state index contributed by atoms with van der Waals surface area (Å²) in [5.41, 5.74) is 2.68. The molecule has 1 aliphatic carbocycles. The Hall–Kier alpha value is -0.830. The average molecular weight is 283 g/mol. The molecule has 1 aromatic carbocycles. The van der Waals surface area contributed by atoms with Crippen LogP contribution in [-0.4, -0.2) is 11.1 Å². The molecule has 0 radical (unpaired) electrons. The van der Waals surface area contributed by atoms with Crippen LogP contribution >= 0.6 is 15.9 Å². The van der Waals surface area contributed by atoms with Gasteiger partial charge in [0.2, 0.25) is 0 Å². The van der Waals surface area contributed by atoms with Crippen LogP contribution in [0.5, 0.6) is 0 Å². The summed E-state index contributed by atoms with van der Waals surface area (Å²) in [6.07, 6.45) is 2.27. The molecule has 0 heterocycles. The third-order valence-corrected chi connectivity index (χ3v) is 4.02. The van der Waals surface area contributed by atoms with Crippen LogP contribution in [0, 0.1) is 5.92 Å². The molecule has 16 heavy (non-hydrogen) atoms. The van der Waals surface area contributed by atoms with E-state index >= 15 is 0 Å². The van der Waals surface area contributed by atoms with Crippen LogP contribution in [0.3, 0.4) is 0 Å². The van der Waals surface area contributed by atoms with Gasteiger partial charge in [-0.05, 0) is 47.9 Å². The molecular formula is C13H15BrO2. The first-order valence-corrected chi connectivity index (χ1v) is 6.37. The maximum absolute atomic E-state index is 10.8. The van der Waals surface area contributed by atoms with E-state index in [4.69, 9.17) is 5.11 Å². The number of hydrogen-bond acceptors (Lipinski definition) is 1. The SMILES string of the molecule is CC1c2ccc(Br)cc2CCC1CC(=O)O. The lowest BCUT2D eigenvalue weighted by atomic mass is 9.75. The molecule has 2 rings (SSSR count). The van der Waals surface area contributed by atoms with Crippen molar-refractivity contribution in [2.24, 2.45) is 5.92 Å². The quantitative estimate of drug-likeness (QED) is 0.900. The maximum atomic E-state index is 10.8. The summed E-state index contributed by atoms with van der Waals surface area (Å²) in [7, 11) is 0. The third kappa shape index (κ3) is 2.29. The van der Waals surface area contributed by atoms with Gasteiger partial charge in [0.15, 0.2) is 0 Å². The Balaban J connectivity index is 2.25. The molecule has 0 amide bonds. The largest absolute Gasteiger partial charge is 0.481 e. The first-order chi connectivity index (χ1) is 7.58. The van der Waals surface area contributed by atoms with Crippen molar-refractivity contribution >= 4 is 21.9 Å². The Labute approximate surface area is 104 Å². The maximum Gasteiger partial charge on any atom is 0.303 e. The fourth-order valence-corrected chi connectivity index (χ4v) is 2.99. The van der Waals surface area contributed by atoms with Gasteiger partial charge in [-0.15, -0.1) is 0 Å². The van der Waals surface area contributed by atoms with Crippen LogP contribution in [0.15, 0.2) is 22.7 Å². The van der Waals surface area contributed by atoms with Crippen LogP contribution in [0.1, 0.15) is 36.8 Å². The lowest BCUT2D eigenvalue weighted by molar-refractivity contribution is -0.138. The van der Waals surface area contributed by atoms with E-state index in [2.05, 4.69) is 35.0 Å². The Morgan fingerprint density at radius 2 is 2.31 bits per heavy atom. The fraction of sp³-hybridized carbons (Fsp3) is 0.462. The van der Waals surface area contributed by atoms with Gasteiger partial charge in [-0.2, -0.15) is 0 Å². The molecule has 2 unspecified atom stereocenters. The van der Waals surface area contributed by atoms with Gasteiger partial charge in [0.05, 0.1) is 0 Å². The number of carbonyl (C=O) groups is 1. The van der Waals surface area contributed by atoms with Crippen LogP contribution < -0.4 is 0 Å². The minimum absolute atomic E-state index is 0.283. The van der Waals surface area contributed by atoms with Crippen LogP contribution in [0.2, 0.25) is 0 Å². The monoisotopic (exact) mass is 282 g/mol. The first-order valence-electron chi connectivity index (χ1n) is 5.58. The molecule has 0 bridgehead atoms. The summed E-state index contributed by atoms with van der Waals surface area (Å²) in [6.45, 7) is 2.14. The molecule has 86 valence electrons. The molecule has 0 saturated heterocycles. The summed E-state index contributed by atoms with van der Waals surface area (Å²) < 4.78 is 1.11. The Morgan fingerprint density at radius 3 is 3.00 bits per heavy atom. The molecule has 2 nitrogen and oxygen atoms in total. The standard InChI is InChI=1S/C13H15BrO2/c1-8-9(7-13(15)16)2-3-10-6-11(14)4-5-12(8)10/h4-6,8-9H,2-3,7H2,1H3,(H,15,16). The number of carboxylic acid groups (broad SMARTS) is 1. The van der Waals surface area contributed by atoms with Crippen molar-refractivity contribution in [3.05, 3.63) is 33.8 Å². The summed E-state index contributed by atoms with van der Waals surface area (Å²) in [5.74, 6) is -0.0449. The number of aryl methyl sites for hydroxylation is 1. The van der Waals surface area contributed by atoms with Crippen molar-refractivity contribution in [3.8, 4) is 0 Å². The van der Waals surface area contributed by atoms with Crippen LogP contribution in [0.25, 0.3) is 0 Å². The molecule has 0 aliphatic heterocycles. The van der Waals surface area contributed by atoms with Gasteiger partial charge in [0.1, 0.15) is 0 Å². The molecule has 2 atom stereocenters. The van der Waals surface area contributed by atoms with E-state index in [1.165, 1.54) is 11.1 Å². The predicted molar refractivity (Wildman–Crippen MR) is 66.6 cm³/mol. The third-order valence-electron chi connectivity index (χ3n) is 3.52. The number of aliphatic carboxylic acids is 1. The average Bonchev–Trinajstić information content (AvgIpc) is 2.22. The van der Waals surface area contributed by atoms with Crippen molar-refractivity contribution in [1.82, 2.24) is 0 Å². The van der Waals surface area contributed by atoms with Gasteiger partial charge in [-0.1, -0.05) is 28.9 Å². The predicted octanol–water partition coefficient (Wildman–Crippen LogP) is 3.59. The number of hydrogen-bond donors (Lipinski definition) is 1. The smallest absolute Gasteiger partial charge is 0.303 e. The van der Waals surface area contributed by atoms with Crippen LogP contribution in [-0.2, 0) is 11.2 Å². The second kappa shape index (κ2) is 4.58. The zero-order valence-electron chi connectivity index (χ0n) is 9.24. The zero-order valence-corrected chi connectivity index (χ0v) is 10.8. The van der Waals surface area contributed by atoms with Gasteiger partial charge in [-0.3, -0.25) is 4.79 Å². The minimum atomic E-state index is -0.683. The number of rotatable bonds is 2. The Kier molecular flexibility index (Phi) is 3.33. The highest BCUT2D eigenvalue weighted by Crippen LogP contribution is 2.38. The van der Waals surface area contributed by atoms with Gasteiger partial charge < -0.3 is 5.11 Å². The molecule has 1 N–H and O–H groups in total. The van der Waals surface area contributed by atoms with E-state index in [9.17, 15) is 4.79 Å². The number of fused-ring (bicyclic) bond motifs is 1. The molecular weight excluding hydrogens is 268 g/mol. The summed E-state index contributed by atoms with van der Waals surface area (Å²) in [6, 6.07) is 6.32. The number of carboxylic acids is 1. The van der Waals surface area contributed by atoms with E-state index < -0.39 is 5.97 Å². The molecule has 1 aliphatic rings. The van der Waals surface area contributed by atoms with Crippen LogP contribution in [0.4, 0.5) is 0 Å². The lowest BCUT2D eigenvalue weighted by Gasteiger charge is -2.30. The van der Waals surface area contributed by atoms with E-state index in [0.29, 0.717) is 5.92 Å². The Morgan fingerprint density at radius 1 is 1.56 bits per heavy atom. The number of benzene rings is 1. The topological polar surface area (TPSA) is 37.3 Å². The van der Waals surface area contributed by atoms with E-state index in [1.807, 2.05) is 6.07 Å². The zero-order chi connectivity index (χ0) is 11.7. The van der Waals surface area contributed by atoms with Crippen molar-refractivity contribution < 1.29 is 9.90 Å². The van der Waals surface area contributed by atoms with Crippen molar-refractivity contribution in [2.75, 3.05) is 0 Å². The number of halogens is 1. The second-order valence-electron chi connectivity index (χ2n) is 4.53. The lowest BCUT2D eigenvalue weighted by Crippen LogP contribution is -2.21. The molecule has 0 spiro atoms. The summed E-state index contributed by atoms with van der Waals surface area (Å²) in [4.78, 5) is 10.8. The minimum Gasteiger partial charge on any atom is -0.481 e. The highest BCUT2D eigenvalue weighted by Gasteiger charge is 2.27. The Bertz CT molecular complexity index is 414. The summed E-state index contributed by atoms with van der Waals surface area (Å²) in [5, 5.41) is 8.87. The van der Waals surface area contributed by atoms with Crippen molar-refractivity contribution in [2.45, 2.75) is 32.1 Å². The fourth-order valence-electron chi connectivity index (χ4n) is 2.58. The van der Waals surface area contributed by atoms with Crippen molar-refractivity contribution in [3.63, 3.8) is 0 Å². The molecule has 0 saturated carbocycles. The highest BCUT2D eigenvalue weighted by molar-refractivity contribution is 9.10. The van der Waals surface area contributed by atoms with Crippen molar-refractivity contribution in [1.29, 1.82) is 0 Å². The molecule has 0 fully saturated rings. The van der Waals surface area contributed by atoms with Gasteiger partial charge >= 0.3 is 5.97 Å². The van der Waals surface area contributed by atoms with E-state index in [-0.39, 0.29) is 12.3 Å². The summed E-state index contributed by atoms with van der Waals surface area (Å²) >= 11 is 3.47. The van der Waals surface area contributed by atoms with E-state index in [0.717, 1.165) is 17.3 Å². The van der Waals surface area contributed by atoms with E-state index in [1.54, 1.807) is 0 Å². The van der Waals surface area contributed by atoms with Gasteiger partial charge in [0.25, 0.3) is 0 Å². The highest BCUT2D eigenvalue weighted by atomic mass is 79.9. The molecule has 3 heteroatoms. The van der Waals surface area contributed by atoms with Gasteiger partial charge in [-0.25, -0.2) is 0 Å². The first kappa shape index (κ1) is 11.6. The molecule has 0 aromatic heterocycles. The molecule has 1 aromatic rings.